The van der Waals surface area contributed by atoms with Gasteiger partial charge in [0.15, 0.2) is 0 Å². The molecule has 0 amide bonds. The largest absolute Gasteiger partial charge is 0.477 e. The van der Waals surface area contributed by atoms with E-state index in [9.17, 15) is 13.2 Å². The summed E-state index contributed by atoms with van der Waals surface area (Å²) < 4.78 is 31.1. The van der Waals surface area contributed by atoms with E-state index < -0.39 is 16.0 Å². The highest BCUT2D eigenvalue weighted by molar-refractivity contribution is 9.11. The summed E-state index contributed by atoms with van der Waals surface area (Å²) in [5, 5.41) is 8.88. The topological polar surface area (TPSA) is 83.9 Å². The van der Waals surface area contributed by atoms with E-state index in [1.54, 1.807) is 6.92 Å². The van der Waals surface area contributed by atoms with Crippen LogP contribution in [0.3, 0.4) is 0 Å². The Kier molecular flexibility index (Phi) is 5.51. The zero-order valence-corrected chi connectivity index (χ0v) is 13.8. The molecule has 0 spiro atoms. The molecule has 0 saturated heterocycles. The number of ether oxygens (including phenoxy) is 1. The van der Waals surface area contributed by atoms with Crippen LogP contribution in [-0.4, -0.2) is 50.6 Å². The summed E-state index contributed by atoms with van der Waals surface area (Å²) in [5.41, 5.74) is 0. The van der Waals surface area contributed by atoms with Gasteiger partial charge in [-0.05, 0) is 28.9 Å². The van der Waals surface area contributed by atoms with Gasteiger partial charge in [0.05, 0.1) is 10.4 Å². The van der Waals surface area contributed by atoms with Crippen molar-refractivity contribution in [3.63, 3.8) is 0 Å². The maximum atomic E-state index is 12.4. The molecule has 6 nitrogen and oxygen atoms in total. The molecular formula is C10H14BrNO5S2. The molecule has 0 fully saturated rings. The van der Waals surface area contributed by atoms with Crippen molar-refractivity contribution in [3.8, 4) is 0 Å². The van der Waals surface area contributed by atoms with Gasteiger partial charge in [-0.25, -0.2) is 13.2 Å². The standard InChI is InChI=1S/C10H14BrNO5S2/c1-6(5-17-3)12(2)19(15,16)8-4-7(10(13)14)18-9(8)11/h4,6H,5H2,1-3H3,(H,13,14). The minimum atomic E-state index is -3.75. The molecule has 0 aliphatic rings. The minimum absolute atomic E-state index is 0.0294. The molecule has 0 radical (unpaired) electrons. The van der Waals surface area contributed by atoms with Gasteiger partial charge in [0, 0.05) is 20.2 Å². The number of hydrogen-bond acceptors (Lipinski definition) is 5. The van der Waals surface area contributed by atoms with E-state index in [-0.39, 0.29) is 26.2 Å². The fourth-order valence-corrected chi connectivity index (χ4v) is 5.07. The van der Waals surface area contributed by atoms with Gasteiger partial charge >= 0.3 is 5.97 Å². The first kappa shape index (κ1) is 16.6. The Morgan fingerprint density at radius 2 is 2.21 bits per heavy atom. The van der Waals surface area contributed by atoms with Crippen LogP contribution in [0.25, 0.3) is 0 Å². The van der Waals surface area contributed by atoms with Crippen molar-refractivity contribution >= 4 is 43.3 Å². The van der Waals surface area contributed by atoms with Gasteiger partial charge in [-0.2, -0.15) is 4.31 Å². The van der Waals surface area contributed by atoms with Crippen LogP contribution in [-0.2, 0) is 14.8 Å². The van der Waals surface area contributed by atoms with E-state index in [1.807, 2.05) is 0 Å². The molecule has 1 rings (SSSR count). The van der Waals surface area contributed by atoms with Crippen molar-refractivity contribution < 1.29 is 23.1 Å². The van der Waals surface area contributed by atoms with Gasteiger partial charge in [0.1, 0.15) is 9.77 Å². The Bertz CT molecular complexity index is 568. The Morgan fingerprint density at radius 1 is 1.63 bits per heavy atom. The van der Waals surface area contributed by atoms with E-state index in [4.69, 9.17) is 9.84 Å². The molecule has 0 saturated carbocycles. The number of likely N-dealkylation sites (N-methyl/N-ethyl adjacent to an activating group) is 1. The third-order valence-corrected chi connectivity index (χ3v) is 6.76. The minimum Gasteiger partial charge on any atom is -0.477 e. The van der Waals surface area contributed by atoms with Gasteiger partial charge in [-0.1, -0.05) is 0 Å². The molecule has 0 aliphatic heterocycles. The molecule has 1 unspecified atom stereocenters. The number of rotatable bonds is 6. The fraction of sp³-hybridized carbons (Fsp3) is 0.500. The van der Waals surface area contributed by atoms with Crippen LogP contribution in [0.1, 0.15) is 16.6 Å². The monoisotopic (exact) mass is 371 g/mol. The van der Waals surface area contributed by atoms with Crippen LogP contribution in [0.2, 0.25) is 0 Å². The van der Waals surface area contributed by atoms with Crippen molar-refractivity contribution in [2.75, 3.05) is 20.8 Å². The highest BCUT2D eigenvalue weighted by atomic mass is 79.9. The number of carboxylic acids is 1. The summed E-state index contributed by atoms with van der Waals surface area (Å²) in [5.74, 6) is -1.15. The lowest BCUT2D eigenvalue weighted by molar-refractivity contribution is 0.0702. The van der Waals surface area contributed by atoms with Crippen LogP contribution >= 0.6 is 27.3 Å². The van der Waals surface area contributed by atoms with E-state index in [0.29, 0.717) is 0 Å². The molecule has 1 N–H and O–H groups in total. The summed E-state index contributed by atoms with van der Waals surface area (Å²) in [4.78, 5) is 10.8. The lowest BCUT2D eigenvalue weighted by Crippen LogP contribution is -2.37. The van der Waals surface area contributed by atoms with E-state index >= 15 is 0 Å². The molecule has 19 heavy (non-hydrogen) atoms. The van der Waals surface area contributed by atoms with Crippen LogP contribution < -0.4 is 0 Å². The van der Waals surface area contributed by atoms with Crippen molar-refractivity contribution in [2.45, 2.75) is 17.9 Å². The SMILES string of the molecule is COCC(C)N(C)S(=O)(=O)c1cc(C(=O)O)sc1Br. The number of carboxylic acid groups (broad SMARTS) is 1. The number of carbonyl (C=O) groups is 1. The Labute approximate surface area is 124 Å². The number of sulfonamides is 1. The molecule has 0 aromatic carbocycles. The fourth-order valence-electron chi connectivity index (χ4n) is 1.37. The Morgan fingerprint density at radius 3 is 2.63 bits per heavy atom. The third-order valence-electron chi connectivity index (χ3n) is 2.55. The number of methoxy groups -OCH3 is 1. The van der Waals surface area contributed by atoms with Gasteiger partial charge in [0.2, 0.25) is 10.0 Å². The molecule has 1 heterocycles. The highest BCUT2D eigenvalue weighted by Crippen LogP contribution is 2.33. The predicted octanol–water partition coefficient (Wildman–Crippen LogP) is 1.86. The second-order valence-corrected chi connectivity index (χ2v) is 8.22. The molecular weight excluding hydrogens is 358 g/mol. The van der Waals surface area contributed by atoms with Crippen LogP contribution in [0.4, 0.5) is 0 Å². The quantitative estimate of drug-likeness (QED) is 0.824. The third kappa shape index (κ3) is 3.54. The number of nitrogens with zero attached hydrogens (tertiary/aromatic N) is 1. The van der Waals surface area contributed by atoms with Gasteiger partial charge < -0.3 is 9.84 Å². The van der Waals surface area contributed by atoms with Gasteiger partial charge in [-0.3, -0.25) is 0 Å². The van der Waals surface area contributed by atoms with Gasteiger partial charge in [0.25, 0.3) is 0 Å². The summed E-state index contributed by atoms with van der Waals surface area (Å²) in [6, 6.07) is 0.803. The zero-order chi connectivity index (χ0) is 14.8. The maximum absolute atomic E-state index is 12.4. The van der Waals surface area contributed by atoms with E-state index in [2.05, 4.69) is 15.9 Å². The Hall–Kier alpha value is -0.480. The summed E-state index contributed by atoms with van der Waals surface area (Å²) in [6.45, 7) is 1.96. The molecule has 1 aromatic rings. The summed E-state index contributed by atoms with van der Waals surface area (Å²) in [7, 11) is -0.830. The first-order chi connectivity index (χ1) is 8.71. The lowest BCUT2D eigenvalue weighted by Gasteiger charge is -2.23. The average molecular weight is 372 g/mol. The lowest BCUT2D eigenvalue weighted by atomic mass is 10.4. The summed E-state index contributed by atoms with van der Waals surface area (Å²) in [6.07, 6.45) is 0. The highest BCUT2D eigenvalue weighted by Gasteiger charge is 2.29. The normalized spacial score (nSPS) is 13.7. The number of aromatic carboxylic acids is 1. The zero-order valence-electron chi connectivity index (χ0n) is 10.6. The van der Waals surface area contributed by atoms with Crippen molar-refractivity contribution in [3.05, 3.63) is 14.7 Å². The molecule has 0 bridgehead atoms. The summed E-state index contributed by atoms with van der Waals surface area (Å²) >= 11 is 3.97. The van der Waals surface area contributed by atoms with E-state index in [0.717, 1.165) is 21.7 Å². The van der Waals surface area contributed by atoms with Crippen molar-refractivity contribution in [1.29, 1.82) is 0 Å². The number of hydrogen-bond donors (Lipinski definition) is 1. The second kappa shape index (κ2) is 6.31. The van der Waals surface area contributed by atoms with Crippen molar-refractivity contribution in [1.82, 2.24) is 4.31 Å². The van der Waals surface area contributed by atoms with Gasteiger partial charge in [-0.15, -0.1) is 11.3 Å². The maximum Gasteiger partial charge on any atom is 0.345 e. The molecule has 0 aliphatic carbocycles. The van der Waals surface area contributed by atoms with Crippen molar-refractivity contribution in [2.24, 2.45) is 0 Å². The first-order valence-corrected chi connectivity index (χ1v) is 8.26. The second-order valence-electron chi connectivity index (χ2n) is 3.88. The molecule has 108 valence electrons. The molecule has 1 atom stereocenters. The molecule has 1 aromatic heterocycles. The first-order valence-electron chi connectivity index (χ1n) is 5.21. The number of thiophene rings is 1. The van der Waals surface area contributed by atoms with Crippen LogP contribution in [0.15, 0.2) is 14.7 Å². The predicted molar refractivity (Wildman–Crippen MR) is 75.3 cm³/mol. The Balaban J connectivity index is 3.16. The molecule has 9 heteroatoms. The average Bonchev–Trinajstić information content (AvgIpc) is 2.71. The van der Waals surface area contributed by atoms with Crippen LogP contribution in [0, 0.1) is 0 Å². The van der Waals surface area contributed by atoms with E-state index in [1.165, 1.54) is 14.2 Å². The van der Waals surface area contributed by atoms with Crippen LogP contribution in [0.5, 0.6) is 0 Å². The number of halogens is 1. The smallest absolute Gasteiger partial charge is 0.345 e.